The lowest BCUT2D eigenvalue weighted by molar-refractivity contribution is 0.0954. The van der Waals surface area contributed by atoms with Crippen molar-refractivity contribution in [3.05, 3.63) is 75.4 Å². The Bertz CT molecular complexity index is 967. The first-order chi connectivity index (χ1) is 12.1. The predicted octanol–water partition coefficient (Wildman–Crippen LogP) is 4.61. The highest BCUT2D eigenvalue weighted by atomic mass is 127. The number of benzene rings is 3. The molecule has 0 fully saturated rings. The average molecular weight is 444 g/mol. The maximum atomic E-state index is 12.3. The Labute approximate surface area is 160 Å². The van der Waals surface area contributed by atoms with Crippen molar-refractivity contribution in [1.29, 1.82) is 0 Å². The number of carbonyl (C=O) groups is 1. The maximum absolute atomic E-state index is 12.3. The van der Waals surface area contributed by atoms with Crippen molar-refractivity contribution in [2.24, 2.45) is 5.10 Å². The molecule has 0 saturated carbocycles. The van der Waals surface area contributed by atoms with Gasteiger partial charge in [-0.25, -0.2) is 5.43 Å². The van der Waals surface area contributed by atoms with E-state index in [9.17, 15) is 4.79 Å². The smallest absolute Gasteiger partial charge is 0.271 e. The first-order valence-corrected chi connectivity index (χ1v) is 8.83. The molecule has 5 heteroatoms. The summed E-state index contributed by atoms with van der Waals surface area (Å²) in [7, 11) is 1.61. The zero-order valence-electron chi connectivity index (χ0n) is 13.9. The van der Waals surface area contributed by atoms with Gasteiger partial charge in [0, 0.05) is 5.56 Å². The van der Waals surface area contributed by atoms with Crippen LogP contribution in [0.15, 0.2) is 65.8 Å². The quantitative estimate of drug-likeness (QED) is 0.363. The fourth-order valence-corrected chi connectivity index (χ4v) is 3.22. The van der Waals surface area contributed by atoms with Crippen LogP contribution in [0.2, 0.25) is 0 Å². The number of rotatable bonds is 4. The molecular weight excluding hydrogens is 427 g/mol. The van der Waals surface area contributed by atoms with Crippen LogP contribution in [0.4, 0.5) is 0 Å². The Morgan fingerprint density at radius 3 is 2.44 bits per heavy atom. The fraction of sp³-hybridized carbons (Fsp3) is 0.100. The molecule has 0 radical (unpaired) electrons. The molecule has 0 spiro atoms. The Morgan fingerprint density at radius 1 is 1.00 bits per heavy atom. The molecule has 1 N–H and O–H groups in total. The van der Waals surface area contributed by atoms with Gasteiger partial charge in [0.25, 0.3) is 5.91 Å². The molecule has 0 heterocycles. The molecule has 0 atom stereocenters. The van der Waals surface area contributed by atoms with Crippen molar-refractivity contribution in [3.63, 3.8) is 0 Å². The number of hydrazone groups is 1. The molecule has 0 aliphatic heterocycles. The summed E-state index contributed by atoms with van der Waals surface area (Å²) in [5.74, 6) is 0.494. The molecule has 0 bridgehead atoms. The van der Waals surface area contributed by atoms with Gasteiger partial charge >= 0.3 is 0 Å². The minimum Gasteiger partial charge on any atom is -0.496 e. The highest BCUT2D eigenvalue weighted by molar-refractivity contribution is 14.1. The standard InChI is InChI=1S/C20H17IN2O2/c1-13(15-8-7-14-5-3-4-6-16(14)11-15)22-23-20(24)17-9-10-19(25-2)18(21)12-17/h3-12H,1-2H3,(H,23,24)/b22-13-. The molecule has 25 heavy (non-hydrogen) atoms. The topological polar surface area (TPSA) is 50.7 Å². The lowest BCUT2D eigenvalue weighted by Gasteiger charge is -2.07. The van der Waals surface area contributed by atoms with Crippen LogP contribution in [0.3, 0.4) is 0 Å². The molecule has 0 unspecified atom stereocenters. The number of ether oxygens (including phenoxy) is 1. The molecule has 126 valence electrons. The summed E-state index contributed by atoms with van der Waals surface area (Å²) in [6.07, 6.45) is 0. The monoisotopic (exact) mass is 444 g/mol. The van der Waals surface area contributed by atoms with Crippen molar-refractivity contribution in [3.8, 4) is 5.75 Å². The highest BCUT2D eigenvalue weighted by Crippen LogP contribution is 2.21. The van der Waals surface area contributed by atoms with Crippen molar-refractivity contribution < 1.29 is 9.53 Å². The SMILES string of the molecule is COc1ccc(C(=O)N/N=C(/C)c2ccc3ccccc3c2)cc1I. The van der Waals surface area contributed by atoms with Gasteiger partial charge in [0.05, 0.1) is 16.4 Å². The summed E-state index contributed by atoms with van der Waals surface area (Å²) in [4.78, 5) is 12.3. The summed E-state index contributed by atoms with van der Waals surface area (Å²) in [5.41, 5.74) is 4.88. The average Bonchev–Trinajstić information content (AvgIpc) is 2.65. The van der Waals surface area contributed by atoms with Crippen LogP contribution in [0, 0.1) is 3.57 Å². The first-order valence-electron chi connectivity index (χ1n) is 7.76. The van der Waals surface area contributed by atoms with E-state index < -0.39 is 0 Å². The van der Waals surface area contributed by atoms with Gasteiger partial charge in [-0.3, -0.25) is 4.79 Å². The van der Waals surface area contributed by atoms with Gasteiger partial charge in [0.1, 0.15) is 5.75 Å². The number of fused-ring (bicyclic) bond motifs is 1. The molecule has 3 aromatic rings. The molecule has 4 nitrogen and oxygen atoms in total. The zero-order valence-corrected chi connectivity index (χ0v) is 16.1. The zero-order chi connectivity index (χ0) is 17.8. The Balaban J connectivity index is 1.77. The third-order valence-corrected chi connectivity index (χ3v) is 4.75. The van der Waals surface area contributed by atoms with Gasteiger partial charge < -0.3 is 4.74 Å². The first kappa shape index (κ1) is 17.4. The molecule has 3 aromatic carbocycles. The van der Waals surface area contributed by atoms with E-state index in [1.165, 1.54) is 5.39 Å². The number of nitrogens with zero attached hydrogens (tertiary/aromatic N) is 1. The van der Waals surface area contributed by atoms with Gasteiger partial charge in [0.2, 0.25) is 0 Å². The number of hydrogen-bond donors (Lipinski definition) is 1. The van der Waals surface area contributed by atoms with Gasteiger partial charge in [-0.2, -0.15) is 5.10 Å². The van der Waals surface area contributed by atoms with E-state index in [4.69, 9.17) is 4.74 Å². The minimum absolute atomic E-state index is 0.249. The summed E-state index contributed by atoms with van der Waals surface area (Å²) in [6, 6.07) is 19.5. The lowest BCUT2D eigenvalue weighted by Crippen LogP contribution is -2.19. The largest absolute Gasteiger partial charge is 0.496 e. The van der Waals surface area contributed by atoms with Crippen LogP contribution in [-0.4, -0.2) is 18.7 Å². The van der Waals surface area contributed by atoms with Crippen molar-refractivity contribution in [2.45, 2.75) is 6.92 Å². The predicted molar refractivity (Wildman–Crippen MR) is 109 cm³/mol. The lowest BCUT2D eigenvalue weighted by atomic mass is 10.0. The number of hydrogen-bond acceptors (Lipinski definition) is 3. The number of carbonyl (C=O) groups excluding carboxylic acids is 1. The maximum Gasteiger partial charge on any atom is 0.271 e. The third-order valence-electron chi connectivity index (χ3n) is 3.91. The number of amides is 1. The second-order valence-corrected chi connectivity index (χ2v) is 6.71. The summed E-state index contributed by atoms with van der Waals surface area (Å²) in [6.45, 7) is 1.88. The summed E-state index contributed by atoms with van der Waals surface area (Å²) in [5, 5.41) is 6.55. The molecular formula is C20H17IN2O2. The van der Waals surface area contributed by atoms with Crippen LogP contribution < -0.4 is 10.2 Å². The van der Waals surface area contributed by atoms with E-state index >= 15 is 0 Å². The molecule has 0 aliphatic rings. The second kappa shape index (κ2) is 7.65. The van der Waals surface area contributed by atoms with Crippen LogP contribution in [0.1, 0.15) is 22.8 Å². The third kappa shape index (κ3) is 3.99. The molecule has 1 amide bonds. The van der Waals surface area contributed by atoms with E-state index in [2.05, 4.69) is 57.4 Å². The van der Waals surface area contributed by atoms with Crippen molar-refractivity contribution in [1.82, 2.24) is 5.43 Å². The van der Waals surface area contributed by atoms with E-state index in [1.807, 2.05) is 25.1 Å². The fourth-order valence-electron chi connectivity index (χ4n) is 2.49. The van der Waals surface area contributed by atoms with Gasteiger partial charge in [-0.15, -0.1) is 0 Å². The number of methoxy groups -OCH3 is 1. The van der Waals surface area contributed by atoms with Crippen molar-refractivity contribution >= 4 is 45.0 Å². The van der Waals surface area contributed by atoms with Gasteiger partial charge in [0.15, 0.2) is 0 Å². The molecule has 3 rings (SSSR count). The Morgan fingerprint density at radius 2 is 1.72 bits per heavy atom. The summed E-state index contributed by atoms with van der Waals surface area (Å²) >= 11 is 2.14. The van der Waals surface area contributed by atoms with Gasteiger partial charge in [-0.05, 0) is 70.1 Å². The highest BCUT2D eigenvalue weighted by Gasteiger charge is 2.08. The van der Waals surface area contributed by atoms with Crippen LogP contribution >= 0.6 is 22.6 Å². The summed E-state index contributed by atoms with van der Waals surface area (Å²) < 4.78 is 6.08. The number of halogens is 1. The Kier molecular flexibility index (Phi) is 5.33. The molecule has 0 aliphatic carbocycles. The van der Waals surface area contributed by atoms with E-state index in [0.717, 1.165) is 26.0 Å². The van der Waals surface area contributed by atoms with E-state index in [1.54, 1.807) is 25.3 Å². The minimum atomic E-state index is -0.249. The van der Waals surface area contributed by atoms with Crippen molar-refractivity contribution in [2.75, 3.05) is 7.11 Å². The van der Waals surface area contributed by atoms with Crippen LogP contribution in [0.5, 0.6) is 5.75 Å². The van der Waals surface area contributed by atoms with Crippen LogP contribution in [-0.2, 0) is 0 Å². The van der Waals surface area contributed by atoms with E-state index in [0.29, 0.717) is 5.56 Å². The normalized spacial score (nSPS) is 11.4. The number of nitrogens with one attached hydrogen (secondary N) is 1. The van der Waals surface area contributed by atoms with E-state index in [-0.39, 0.29) is 5.91 Å². The van der Waals surface area contributed by atoms with Gasteiger partial charge in [-0.1, -0.05) is 36.4 Å². The molecule has 0 saturated heterocycles. The Hall–Kier alpha value is -2.41. The second-order valence-electron chi connectivity index (χ2n) is 5.55. The van der Waals surface area contributed by atoms with Crippen LogP contribution in [0.25, 0.3) is 10.8 Å². The molecule has 0 aromatic heterocycles.